The van der Waals surface area contributed by atoms with Crippen LogP contribution in [0, 0.1) is 6.92 Å². The lowest BCUT2D eigenvalue weighted by molar-refractivity contribution is -0.139. The van der Waals surface area contributed by atoms with Crippen LogP contribution in [-0.4, -0.2) is 34.7 Å². The van der Waals surface area contributed by atoms with Crippen LogP contribution in [0.25, 0.3) is 0 Å². The highest BCUT2D eigenvalue weighted by Gasteiger charge is 2.20. The molecular weight excluding hydrogens is 302 g/mol. The quantitative estimate of drug-likeness (QED) is 0.765. The minimum atomic E-state index is -1.16. The number of carbonyl (C=O) groups is 2. The molecule has 1 rings (SSSR count). The molecule has 6 heteroatoms. The number of aliphatic hydroxyl groups is 1. The van der Waals surface area contributed by atoms with E-state index in [4.69, 9.17) is 10.2 Å². The zero-order valence-electron chi connectivity index (χ0n) is 9.81. The van der Waals surface area contributed by atoms with Gasteiger partial charge in [-0.3, -0.25) is 4.79 Å². The van der Waals surface area contributed by atoms with E-state index in [1.54, 1.807) is 18.2 Å². The van der Waals surface area contributed by atoms with E-state index in [0.29, 0.717) is 5.56 Å². The zero-order chi connectivity index (χ0) is 13.7. The predicted octanol–water partition coefficient (Wildman–Crippen LogP) is 1.32. The number of aliphatic hydroxyl groups excluding tert-OH is 1. The van der Waals surface area contributed by atoms with Crippen LogP contribution in [0.15, 0.2) is 22.7 Å². The molecule has 1 unspecified atom stereocenters. The average molecular weight is 316 g/mol. The Morgan fingerprint density at radius 3 is 2.61 bits per heavy atom. The van der Waals surface area contributed by atoms with E-state index in [9.17, 15) is 9.59 Å². The molecule has 0 radical (unpaired) electrons. The number of rotatable bonds is 5. The number of carboxylic acids is 1. The van der Waals surface area contributed by atoms with Gasteiger partial charge in [-0.1, -0.05) is 22.0 Å². The average Bonchev–Trinajstić information content (AvgIpc) is 2.31. The third-order valence-corrected chi connectivity index (χ3v) is 3.31. The van der Waals surface area contributed by atoms with Gasteiger partial charge in [0.2, 0.25) is 0 Å². The molecule has 0 aromatic heterocycles. The van der Waals surface area contributed by atoms with Gasteiger partial charge in [0.25, 0.3) is 5.91 Å². The topological polar surface area (TPSA) is 86.6 Å². The van der Waals surface area contributed by atoms with Gasteiger partial charge in [-0.25, -0.2) is 4.79 Å². The normalized spacial score (nSPS) is 11.9. The van der Waals surface area contributed by atoms with E-state index in [1.165, 1.54) is 0 Å². The standard InChI is InChI=1S/C12H14BrNO4/c1-7-2-3-8(6-9(7)13)11(16)14-10(4-5-15)12(17)18/h2-3,6,10,15H,4-5H2,1H3,(H,14,16)(H,17,18). The molecule has 0 fully saturated rings. The largest absolute Gasteiger partial charge is 0.480 e. The van der Waals surface area contributed by atoms with Gasteiger partial charge in [0.15, 0.2) is 0 Å². The van der Waals surface area contributed by atoms with E-state index in [2.05, 4.69) is 21.2 Å². The Kier molecular flexibility index (Phi) is 5.30. The van der Waals surface area contributed by atoms with E-state index in [0.717, 1.165) is 10.0 Å². The summed E-state index contributed by atoms with van der Waals surface area (Å²) in [5.74, 6) is -1.64. The van der Waals surface area contributed by atoms with Crippen molar-refractivity contribution in [3.05, 3.63) is 33.8 Å². The molecule has 1 aromatic rings. The highest BCUT2D eigenvalue weighted by atomic mass is 79.9. The van der Waals surface area contributed by atoms with Gasteiger partial charge in [-0.2, -0.15) is 0 Å². The van der Waals surface area contributed by atoms with Crippen LogP contribution in [0.5, 0.6) is 0 Å². The second kappa shape index (κ2) is 6.51. The first-order chi connectivity index (χ1) is 8.45. The number of hydrogen-bond donors (Lipinski definition) is 3. The van der Waals surface area contributed by atoms with Gasteiger partial charge < -0.3 is 15.5 Å². The summed E-state index contributed by atoms with van der Waals surface area (Å²) in [5, 5.41) is 20.0. The Labute approximate surface area is 113 Å². The first-order valence-electron chi connectivity index (χ1n) is 5.36. The minimum absolute atomic E-state index is 0.0197. The van der Waals surface area contributed by atoms with Gasteiger partial charge in [0, 0.05) is 23.1 Å². The Morgan fingerprint density at radius 1 is 1.44 bits per heavy atom. The van der Waals surface area contributed by atoms with Crippen molar-refractivity contribution in [2.45, 2.75) is 19.4 Å². The number of aryl methyl sites for hydroxylation is 1. The fourth-order valence-electron chi connectivity index (χ4n) is 1.36. The number of hydrogen-bond acceptors (Lipinski definition) is 3. The van der Waals surface area contributed by atoms with Gasteiger partial charge in [0.05, 0.1) is 0 Å². The van der Waals surface area contributed by atoms with Crippen LogP contribution in [-0.2, 0) is 4.79 Å². The molecule has 0 spiro atoms. The number of nitrogens with one attached hydrogen (secondary N) is 1. The molecule has 18 heavy (non-hydrogen) atoms. The molecule has 0 aliphatic rings. The van der Waals surface area contributed by atoms with Crippen molar-refractivity contribution in [2.75, 3.05) is 6.61 Å². The molecule has 0 saturated carbocycles. The lowest BCUT2D eigenvalue weighted by atomic mass is 10.1. The smallest absolute Gasteiger partial charge is 0.326 e. The van der Waals surface area contributed by atoms with E-state index in [1.807, 2.05) is 6.92 Å². The van der Waals surface area contributed by atoms with E-state index in [-0.39, 0.29) is 13.0 Å². The van der Waals surface area contributed by atoms with Crippen LogP contribution >= 0.6 is 15.9 Å². The van der Waals surface area contributed by atoms with Crippen LogP contribution in [0.4, 0.5) is 0 Å². The van der Waals surface area contributed by atoms with Gasteiger partial charge in [0.1, 0.15) is 6.04 Å². The molecule has 5 nitrogen and oxygen atoms in total. The number of benzene rings is 1. The van der Waals surface area contributed by atoms with Gasteiger partial charge >= 0.3 is 5.97 Å². The van der Waals surface area contributed by atoms with Crippen molar-refractivity contribution in [1.29, 1.82) is 0 Å². The van der Waals surface area contributed by atoms with Crippen LogP contribution in [0.1, 0.15) is 22.3 Å². The molecule has 98 valence electrons. The summed E-state index contributed by atoms with van der Waals surface area (Å²) in [6.07, 6.45) is -0.0197. The summed E-state index contributed by atoms with van der Waals surface area (Å²) < 4.78 is 0.782. The fraction of sp³-hybridized carbons (Fsp3) is 0.333. The maximum Gasteiger partial charge on any atom is 0.326 e. The summed E-state index contributed by atoms with van der Waals surface area (Å²) >= 11 is 3.30. The molecule has 1 amide bonds. The van der Waals surface area contributed by atoms with Gasteiger partial charge in [-0.05, 0) is 24.6 Å². The van der Waals surface area contributed by atoms with E-state index >= 15 is 0 Å². The number of carbonyl (C=O) groups excluding carboxylic acids is 1. The highest BCUT2D eigenvalue weighted by Crippen LogP contribution is 2.17. The lowest BCUT2D eigenvalue weighted by Crippen LogP contribution is -2.41. The Hall–Kier alpha value is -1.40. The SMILES string of the molecule is Cc1ccc(C(=O)NC(CCO)C(=O)O)cc1Br. The van der Waals surface area contributed by atoms with Crippen molar-refractivity contribution < 1.29 is 19.8 Å². The maximum atomic E-state index is 11.8. The molecule has 0 bridgehead atoms. The maximum absolute atomic E-state index is 11.8. The minimum Gasteiger partial charge on any atom is -0.480 e. The monoisotopic (exact) mass is 315 g/mol. The summed E-state index contributed by atoms with van der Waals surface area (Å²) in [7, 11) is 0. The lowest BCUT2D eigenvalue weighted by Gasteiger charge is -2.13. The third-order valence-electron chi connectivity index (χ3n) is 2.46. The van der Waals surface area contributed by atoms with Gasteiger partial charge in [-0.15, -0.1) is 0 Å². The Balaban J connectivity index is 2.80. The summed E-state index contributed by atoms with van der Waals surface area (Å²) in [6.45, 7) is 1.59. The number of halogens is 1. The first-order valence-corrected chi connectivity index (χ1v) is 6.15. The van der Waals surface area contributed by atoms with Crippen LogP contribution in [0.2, 0.25) is 0 Å². The third kappa shape index (κ3) is 3.82. The molecular formula is C12H14BrNO4. The number of carboxylic acid groups (broad SMARTS) is 1. The Morgan fingerprint density at radius 2 is 2.11 bits per heavy atom. The Bertz CT molecular complexity index is 461. The molecule has 1 aromatic carbocycles. The summed E-state index contributed by atoms with van der Waals surface area (Å²) in [6, 6.07) is 3.93. The molecule has 0 saturated heterocycles. The summed E-state index contributed by atoms with van der Waals surface area (Å²) in [4.78, 5) is 22.7. The highest BCUT2D eigenvalue weighted by molar-refractivity contribution is 9.10. The van der Waals surface area contributed by atoms with Crippen molar-refractivity contribution in [2.24, 2.45) is 0 Å². The number of amides is 1. The van der Waals surface area contributed by atoms with Crippen molar-refractivity contribution in [1.82, 2.24) is 5.32 Å². The molecule has 1 atom stereocenters. The van der Waals surface area contributed by atoms with Crippen molar-refractivity contribution in [3.8, 4) is 0 Å². The first kappa shape index (κ1) is 14.7. The summed E-state index contributed by atoms with van der Waals surface area (Å²) in [5.41, 5.74) is 1.35. The molecule has 0 aliphatic heterocycles. The molecule has 0 aliphatic carbocycles. The predicted molar refractivity (Wildman–Crippen MR) is 69.5 cm³/mol. The van der Waals surface area contributed by atoms with Crippen molar-refractivity contribution >= 4 is 27.8 Å². The second-order valence-corrected chi connectivity index (χ2v) is 4.69. The van der Waals surface area contributed by atoms with E-state index < -0.39 is 17.9 Å². The van der Waals surface area contributed by atoms with Crippen LogP contribution < -0.4 is 5.32 Å². The van der Waals surface area contributed by atoms with Crippen LogP contribution in [0.3, 0.4) is 0 Å². The fourth-order valence-corrected chi connectivity index (χ4v) is 1.74. The molecule has 3 N–H and O–H groups in total. The molecule has 0 heterocycles. The number of aliphatic carboxylic acids is 1. The van der Waals surface area contributed by atoms with Crippen molar-refractivity contribution in [3.63, 3.8) is 0 Å². The second-order valence-electron chi connectivity index (χ2n) is 3.84. The zero-order valence-corrected chi connectivity index (χ0v) is 11.4.